The molecule has 2 atom stereocenters. The highest BCUT2D eigenvalue weighted by Crippen LogP contribution is 2.28. The molecule has 1 aromatic carbocycles. The Hall–Kier alpha value is -3.04. The van der Waals surface area contributed by atoms with E-state index < -0.39 is 6.29 Å². The number of nitrogens with zero attached hydrogens (tertiary/aromatic N) is 2. The van der Waals surface area contributed by atoms with Crippen molar-refractivity contribution >= 4 is 29.0 Å². The molecule has 1 aliphatic heterocycles. The smallest absolute Gasteiger partial charge is 0.229 e. The standard InChI is InChI=1S/C22H24FN5O2S/c1-13(2)16-12-21(30)26-22(24-16)28-19(11-17(27-28)18-4-3-9-31-18)25-20(29)10-14-5-7-15(23)8-6-14/h3-9,11,13,16,22,24H,10,12H2,1-2H3,(H,25,29)(H,26,30). The molecule has 1 aliphatic rings. The number of nitrogens with one attached hydrogen (secondary N) is 3. The third kappa shape index (κ3) is 5.00. The van der Waals surface area contributed by atoms with Crippen LogP contribution in [0, 0.1) is 11.7 Å². The summed E-state index contributed by atoms with van der Waals surface area (Å²) in [6.45, 7) is 4.11. The molecule has 3 heterocycles. The summed E-state index contributed by atoms with van der Waals surface area (Å²) in [4.78, 5) is 25.9. The number of amides is 2. The summed E-state index contributed by atoms with van der Waals surface area (Å²) in [5.41, 5.74) is 1.40. The summed E-state index contributed by atoms with van der Waals surface area (Å²) < 4.78 is 14.7. The molecule has 31 heavy (non-hydrogen) atoms. The van der Waals surface area contributed by atoms with Gasteiger partial charge in [0.1, 0.15) is 17.3 Å². The van der Waals surface area contributed by atoms with Gasteiger partial charge in [0.05, 0.1) is 11.3 Å². The van der Waals surface area contributed by atoms with E-state index in [0.29, 0.717) is 23.5 Å². The SMILES string of the molecule is CC(C)C1CC(=O)NC(n2nc(-c3cccs3)cc2NC(=O)Cc2ccc(F)cc2)N1. The summed E-state index contributed by atoms with van der Waals surface area (Å²) in [6, 6.07) is 11.5. The number of rotatable bonds is 6. The Morgan fingerprint density at radius 2 is 2.10 bits per heavy atom. The maximum Gasteiger partial charge on any atom is 0.229 e. The molecule has 7 nitrogen and oxygen atoms in total. The Kier molecular flexibility index (Phi) is 6.15. The first kappa shape index (κ1) is 21.2. The second kappa shape index (κ2) is 8.99. The zero-order chi connectivity index (χ0) is 22.0. The number of aromatic nitrogens is 2. The summed E-state index contributed by atoms with van der Waals surface area (Å²) in [7, 11) is 0. The average Bonchev–Trinajstić information content (AvgIpc) is 3.39. The van der Waals surface area contributed by atoms with Crippen molar-refractivity contribution in [3.8, 4) is 10.6 Å². The normalized spacial score (nSPS) is 18.8. The van der Waals surface area contributed by atoms with Gasteiger partial charge in [-0.25, -0.2) is 9.07 Å². The van der Waals surface area contributed by atoms with Crippen molar-refractivity contribution in [2.45, 2.75) is 39.0 Å². The topological polar surface area (TPSA) is 88.1 Å². The summed E-state index contributed by atoms with van der Waals surface area (Å²) in [5, 5.41) is 15.8. The molecule has 162 valence electrons. The van der Waals surface area contributed by atoms with Gasteiger partial charge < -0.3 is 10.6 Å². The molecule has 0 radical (unpaired) electrons. The lowest BCUT2D eigenvalue weighted by atomic mass is 9.99. The zero-order valence-corrected chi connectivity index (χ0v) is 18.1. The van der Waals surface area contributed by atoms with E-state index in [2.05, 4.69) is 34.9 Å². The minimum Gasteiger partial charge on any atom is -0.322 e. The van der Waals surface area contributed by atoms with Crippen LogP contribution in [-0.2, 0) is 16.0 Å². The first-order chi connectivity index (χ1) is 14.9. The second-order valence-electron chi connectivity index (χ2n) is 7.88. The highest BCUT2D eigenvalue weighted by molar-refractivity contribution is 7.13. The molecule has 0 saturated carbocycles. The minimum absolute atomic E-state index is 0.00379. The number of hydrogen-bond donors (Lipinski definition) is 3. The Morgan fingerprint density at radius 3 is 2.77 bits per heavy atom. The van der Waals surface area contributed by atoms with E-state index in [-0.39, 0.29) is 36.0 Å². The monoisotopic (exact) mass is 441 g/mol. The van der Waals surface area contributed by atoms with Crippen LogP contribution in [0.2, 0.25) is 0 Å². The number of carbonyl (C=O) groups excluding carboxylic acids is 2. The van der Waals surface area contributed by atoms with Crippen LogP contribution in [0.4, 0.5) is 10.2 Å². The van der Waals surface area contributed by atoms with Crippen LogP contribution in [-0.4, -0.2) is 27.6 Å². The van der Waals surface area contributed by atoms with Gasteiger partial charge >= 0.3 is 0 Å². The number of benzene rings is 1. The molecule has 9 heteroatoms. The fourth-order valence-electron chi connectivity index (χ4n) is 3.48. The van der Waals surface area contributed by atoms with Crippen molar-refractivity contribution < 1.29 is 14.0 Å². The van der Waals surface area contributed by atoms with Crippen molar-refractivity contribution in [1.29, 1.82) is 0 Å². The number of carbonyl (C=O) groups is 2. The highest BCUT2D eigenvalue weighted by Gasteiger charge is 2.31. The molecular weight excluding hydrogens is 417 g/mol. The lowest BCUT2D eigenvalue weighted by Gasteiger charge is -2.34. The lowest BCUT2D eigenvalue weighted by Crippen LogP contribution is -2.55. The fraction of sp³-hybridized carbons (Fsp3) is 0.318. The quantitative estimate of drug-likeness (QED) is 0.546. The number of hydrogen-bond acceptors (Lipinski definition) is 5. The van der Waals surface area contributed by atoms with Crippen molar-refractivity contribution in [3.63, 3.8) is 0 Å². The lowest BCUT2D eigenvalue weighted by molar-refractivity contribution is -0.126. The molecule has 1 fully saturated rings. The van der Waals surface area contributed by atoms with Gasteiger partial charge in [-0.15, -0.1) is 11.3 Å². The van der Waals surface area contributed by atoms with Gasteiger partial charge in [-0.1, -0.05) is 32.0 Å². The van der Waals surface area contributed by atoms with E-state index in [1.165, 1.54) is 12.1 Å². The van der Waals surface area contributed by atoms with E-state index in [4.69, 9.17) is 0 Å². The molecular formula is C22H24FN5O2S. The Labute approximate surface area is 183 Å². The zero-order valence-electron chi connectivity index (χ0n) is 17.3. The highest BCUT2D eigenvalue weighted by atomic mass is 32.1. The van der Waals surface area contributed by atoms with Gasteiger partial charge in [0.15, 0.2) is 6.29 Å². The van der Waals surface area contributed by atoms with Crippen molar-refractivity contribution in [3.05, 3.63) is 59.2 Å². The average molecular weight is 442 g/mol. The Balaban J connectivity index is 1.60. The van der Waals surface area contributed by atoms with Crippen LogP contribution in [0.25, 0.3) is 10.6 Å². The van der Waals surface area contributed by atoms with E-state index in [1.54, 1.807) is 34.2 Å². The van der Waals surface area contributed by atoms with Gasteiger partial charge in [0, 0.05) is 18.5 Å². The molecule has 4 rings (SSSR count). The largest absolute Gasteiger partial charge is 0.322 e. The molecule has 0 bridgehead atoms. The first-order valence-electron chi connectivity index (χ1n) is 10.1. The third-order valence-electron chi connectivity index (χ3n) is 5.18. The van der Waals surface area contributed by atoms with Gasteiger partial charge in [-0.2, -0.15) is 5.10 Å². The molecule has 3 aromatic rings. The number of anilines is 1. The van der Waals surface area contributed by atoms with Crippen LogP contribution in [0.1, 0.15) is 32.1 Å². The number of thiophene rings is 1. The van der Waals surface area contributed by atoms with Crippen LogP contribution < -0.4 is 16.0 Å². The third-order valence-corrected chi connectivity index (χ3v) is 6.07. The molecule has 1 saturated heterocycles. The Morgan fingerprint density at radius 1 is 1.32 bits per heavy atom. The van der Waals surface area contributed by atoms with Crippen LogP contribution >= 0.6 is 11.3 Å². The molecule has 2 unspecified atom stereocenters. The minimum atomic E-state index is -0.580. The predicted octanol–water partition coefficient (Wildman–Crippen LogP) is 3.52. The number of halogens is 1. The molecule has 2 amide bonds. The second-order valence-corrected chi connectivity index (χ2v) is 8.83. The molecule has 2 aromatic heterocycles. The van der Waals surface area contributed by atoms with Crippen molar-refractivity contribution in [1.82, 2.24) is 20.4 Å². The van der Waals surface area contributed by atoms with Crippen molar-refractivity contribution in [2.75, 3.05) is 5.32 Å². The summed E-state index contributed by atoms with van der Waals surface area (Å²) in [6.07, 6.45) is -0.0956. The van der Waals surface area contributed by atoms with Gasteiger partial charge in [-0.3, -0.25) is 14.9 Å². The summed E-state index contributed by atoms with van der Waals surface area (Å²) >= 11 is 1.54. The predicted molar refractivity (Wildman–Crippen MR) is 118 cm³/mol. The maximum absolute atomic E-state index is 13.1. The van der Waals surface area contributed by atoms with E-state index in [1.807, 2.05) is 17.5 Å². The van der Waals surface area contributed by atoms with E-state index in [0.717, 1.165) is 4.88 Å². The first-order valence-corrected chi connectivity index (χ1v) is 11.0. The maximum atomic E-state index is 13.1. The van der Waals surface area contributed by atoms with E-state index in [9.17, 15) is 14.0 Å². The Bertz CT molecular complexity index is 1060. The molecule has 0 aliphatic carbocycles. The van der Waals surface area contributed by atoms with Crippen molar-refractivity contribution in [2.24, 2.45) is 5.92 Å². The fourth-order valence-corrected chi connectivity index (χ4v) is 4.16. The van der Waals surface area contributed by atoms with Gasteiger partial charge in [0.25, 0.3) is 0 Å². The van der Waals surface area contributed by atoms with Crippen LogP contribution in [0.3, 0.4) is 0 Å². The van der Waals surface area contributed by atoms with Crippen LogP contribution in [0.15, 0.2) is 47.8 Å². The van der Waals surface area contributed by atoms with Crippen LogP contribution in [0.5, 0.6) is 0 Å². The molecule has 0 spiro atoms. The van der Waals surface area contributed by atoms with E-state index >= 15 is 0 Å². The summed E-state index contributed by atoms with van der Waals surface area (Å²) in [5.74, 6) is 0.0593. The molecule has 3 N–H and O–H groups in total. The van der Waals surface area contributed by atoms with Gasteiger partial charge in [-0.05, 0) is 35.1 Å². The van der Waals surface area contributed by atoms with Gasteiger partial charge in [0.2, 0.25) is 11.8 Å².